The summed E-state index contributed by atoms with van der Waals surface area (Å²) in [6.07, 6.45) is 1.78. The van der Waals surface area contributed by atoms with Crippen molar-refractivity contribution in [2.45, 2.75) is 12.6 Å². The SMILES string of the molecule is COc1ccc(CN2CCN(C(C(=O)O)c3c[nH]c4ccc(Cl)cc34)CC2)c(OC)c1OC. The first kappa shape index (κ1) is 23.2. The lowest BCUT2D eigenvalue weighted by atomic mass is 10.0. The van der Waals surface area contributed by atoms with E-state index in [1.54, 1.807) is 33.6 Å². The third kappa shape index (κ3) is 4.59. The number of carboxylic acids is 1. The van der Waals surface area contributed by atoms with Crippen LogP contribution in [-0.4, -0.2) is 73.4 Å². The number of benzene rings is 2. The van der Waals surface area contributed by atoms with Crippen molar-refractivity contribution in [1.82, 2.24) is 14.8 Å². The van der Waals surface area contributed by atoms with Gasteiger partial charge < -0.3 is 24.3 Å². The fourth-order valence-corrected chi connectivity index (χ4v) is 4.71. The molecule has 0 aliphatic carbocycles. The van der Waals surface area contributed by atoms with Crippen molar-refractivity contribution in [2.75, 3.05) is 47.5 Å². The minimum atomic E-state index is -0.870. The van der Waals surface area contributed by atoms with E-state index in [1.807, 2.05) is 29.2 Å². The van der Waals surface area contributed by atoms with E-state index < -0.39 is 12.0 Å². The number of methoxy groups -OCH3 is 3. The monoisotopic (exact) mass is 473 g/mol. The molecule has 8 nitrogen and oxygen atoms in total. The number of fused-ring (bicyclic) bond motifs is 1. The van der Waals surface area contributed by atoms with E-state index in [4.69, 9.17) is 25.8 Å². The van der Waals surface area contributed by atoms with Crippen molar-refractivity contribution in [2.24, 2.45) is 0 Å². The van der Waals surface area contributed by atoms with Gasteiger partial charge in [0.2, 0.25) is 5.75 Å². The van der Waals surface area contributed by atoms with Crippen molar-refractivity contribution in [3.05, 3.63) is 52.7 Å². The Morgan fingerprint density at radius 3 is 2.42 bits per heavy atom. The molecule has 0 bridgehead atoms. The smallest absolute Gasteiger partial charge is 0.325 e. The van der Waals surface area contributed by atoms with Crippen molar-refractivity contribution in [3.63, 3.8) is 0 Å². The summed E-state index contributed by atoms with van der Waals surface area (Å²) in [6, 6.07) is 8.58. The van der Waals surface area contributed by atoms with Crippen molar-refractivity contribution >= 4 is 28.5 Å². The van der Waals surface area contributed by atoms with Crippen LogP contribution in [0.1, 0.15) is 17.2 Å². The Morgan fingerprint density at radius 1 is 1.06 bits per heavy atom. The lowest BCUT2D eigenvalue weighted by Crippen LogP contribution is -2.48. The first-order valence-corrected chi connectivity index (χ1v) is 11.1. The van der Waals surface area contributed by atoms with E-state index in [-0.39, 0.29) is 0 Å². The maximum atomic E-state index is 12.3. The predicted molar refractivity (Wildman–Crippen MR) is 127 cm³/mol. The molecule has 2 aromatic carbocycles. The molecule has 33 heavy (non-hydrogen) atoms. The Kier molecular flexibility index (Phi) is 6.97. The number of halogens is 1. The normalized spacial score (nSPS) is 16.0. The molecule has 2 N–H and O–H groups in total. The zero-order valence-electron chi connectivity index (χ0n) is 18.9. The summed E-state index contributed by atoms with van der Waals surface area (Å²) in [5, 5.41) is 11.5. The number of piperazine rings is 1. The minimum absolute atomic E-state index is 0.570. The van der Waals surface area contributed by atoms with Gasteiger partial charge >= 0.3 is 5.97 Å². The molecule has 0 radical (unpaired) electrons. The summed E-state index contributed by atoms with van der Waals surface area (Å²) in [5.41, 5.74) is 2.60. The maximum absolute atomic E-state index is 12.3. The highest BCUT2D eigenvalue weighted by Crippen LogP contribution is 2.40. The van der Waals surface area contributed by atoms with Gasteiger partial charge in [-0.15, -0.1) is 0 Å². The molecule has 1 atom stereocenters. The molecule has 1 aliphatic rings. The van der Waals surface area contributed by atoms with Gasteiger partial charge in [0.05, 0.1) is 21.3 Å². The average molecular weight is 474 g/mol. The third-order valence-electron chi connectivity index (χ3n) is 6.16. The number of nitrogens with zero attached hydrogens (tertiary/aromatic N) is 2. The second-order valence-electron chi connectivity index (χ2n) is 7.98. The number of hydrogen-bond acceptors (Lipinski definition) is 6. The zero-order chi connectivity index (χ0) is 23.5. The summed E-state index contributed by atoms with van der Waals surface area (Å²) in [7, 11) is 4.80. The first-order valence-electron chi connectivity index (χ1n) is 10.7. The van der Waals surface area contributed by atoms with Crippen molar-refractivity contribution in [1.29, 1.82) is 0 Å². The van der Waals surface area contributed by atoms with Gasteiger partial charge in [-0.25, -0.2) is 0 Å². The number of nitrogens with one attached hydrogen (secondary N) is 1. The lowest BCUT2D eigenvalue weighted by molar-refractivity contribution is -0.144. The van der Waals surface area contributed by atoms with Gasteiger partial charge in [0.25, 0.3) is 0 Å². The van der Waals surface area contributed by atoms with E-state index in [1.165, 1.54) is 0 Å². The molecule has 3 aromatic rings. The Bertz CT molecular complexity index is 1140. The topological polar surface area (TPSA) is 87.3 Å². The van der Waals surface area contributed by atoms with E-state index in [9.17, 15) is 9.90 Å². The molecule has 1 aromatic heterocycles. The molecule has 0 amide bonds. The minimum Gasteiger partial charge on any atom is -0.493 e. The van der Waals surface area contributed by atoms with E-state index in [0.29, 0.717) is 41.9 Å². The second-order valence-corrected chi connectivity index (χ2v) is 8.42. The number of aromatic nitrogens is 1. The number of ether oxygens (including phenoxy) is 3. The Balaban J connectivity index is 1.50. The van der Waals surface area contributed by atoms with Crippen molar-refractivity contribution in [3.8, 4) is 17.2 Å². The molecular weight excluding hydrogens is 446 g/mol. The summed E-state index contributed by atoms with van der Waals surface area (Å²) in [6.45, 7) is 3.37. The highest BCUT2D eigenvalue weighted by molar-refractivity contribution is 6.31. The molecule has 2 heterocycles. The van der Waals surface area contributed by atoms with Gasteiger partial charge in [0.1, 0.15) is 6.04 Å². The molecule has 1 fully saturated rings. The summed E-state index contributed by atoms with van der Waals surface area (Å²) < 4.78 is 16.5. The number of aromatic amines is 1. The van der Waals surface area contributed by atoms with E-state index in [2.05, 4.69) is 9.88 Å². The molecule has 4 rings (SSSR count). The fourth-order valence-electron chi connectivity index (χ4n) is 4.53. The van der Waals surface area contributed by atoms with E-state index >= 15 is 0 Å². The predicted octanol–water partition coefficient (Wildman–Crippen LogP) is 3.79. The molecule has 1 unspecified atom stereocenters. The van der Waals surface area contributed by atoms with Gasteiger partial charge in [0, 0.05) is 66.0 Å². The first-order chi connectivity index (χ1) is 16.0. The van der Waals surface area contributed by atoms with Crippen LogP contribution in [0.15, 0.2) is 36.5 Å². The number of hydrogen-bond donors (Lipinski definition) is 2. The Morgan fingerprint density at radius 2 is 1.79 bits per heavy atom. The van der Waals surface area contributed by atoms with Crippen LogP contribution >= 0.6 is 11.6 Å². The van der Waals surface area contributed by atoms with Gasteiger partial charge in [0.15, 0.2) is 11.5 Å². The Hall–Kier alpha value is -2.94. The number of aliphatic carboxylic acids is 1. The van der Waals surface area contributed by atoms with Crippen LogP contribution < -0.4 is 14.2 Å². The number of rotatable bonds is 8. The van der Waals surface area contributed by atoms with Gasteiger partial charge in [-0.3, -0.25) is 14.6 Å². The van der Waals surface area contributed by atoms with Gasteiger partial charge in [-0.2, -0.15) is 0 Å². The van der Waals surface area contributed by atoms with Crippen LogP contribution in [0, 0.1) is 0 Å². The molecule has 9 heteroatoms. The van der Waals surface area contributed by atoms with Crippen LogP contribution in [0.2, 0.25) is 5.02 Å². The van der Waals surface area contributed by atoms with Gasteiger partial charge in [-0.1, -0.05) is 17.7 Å². The molecular formula is C24H28ClN3O5. The number of carboxylic acid groups (broad SMARTS) is 1. The number of H-pyrrole nitrogens is 1. The second kappa shape index (κ2) is 9.91. The fraction of sp³-hybridized carbons (Fsp3) is 0.375. The average Bonchev–Trinajstić information content (AvgIpc) is 3.22. The van der Waals surface area contributed by atoms with Crippen molar-refractivity contribution < 1.29 is 24.1 Å². The standard InChI is InChI=1S/C24H28ClN3O5/c1-31-20-7-4-15(22(32-2)23(20)33-3)14-27-8-10-28(11-9-27)21(24(29)30)18-13-26-19-6-5-16(25)12-17(18)19/h4-7,12-13,21,26H,8-11,14H2,1-3H3,(H,29,30). The quantitative estimate of drug-likeness (QED) is 0.514. The highest BCUT2D eigenvalue weighted by atomic mass is 35.5. The summed E-state index contributed by atoms with van der Waals surface area (Å²) in [5.74, 6) is 0.968. The summed E-state index contributed by atoms with van der Waals surface area (Å²) >= 11 is 6.17. The maximum Gasteiger partial charge on any atom is 0.325 e. The molecule has 0 spiro atoms. The van der Waals surface area contributed by atoms with Crippen LogP contribution in [0.4, 0.5) is 0 Å². The molecule has 0 saturated carbocycles. The Labute approximate surface area is 197 Å². The molecule has 1 aliphatic heterocycles. The molecule has 176 valence electrons. The van der Waals surface area contributed by atoms with Crippen LogP contribution in [0.5, 0.6) is 17.2 Å². The molecule has 1 saturated heterocycles. The number of carbonyl (C=O) groups is 1. The zero-order valence-corrected chi connectivity index (χ0v) is 19.7. The van der Waals surface area contributed by atoms with E-state index in [0.717, 1.165) is 35.1 Å². The lowest BCUT2D eigenvalue weighted by Gasteiger charge is -2.37. The van der Waals surface area contributed by atoms with Crippen LogP contribution in [-0.2, 0) is 11.3 Å². The van der Waals surface area contributed by atoms with Crippen LogP contribution in [0.25, 0.3) is 10.9 Å². The van der Waals surface area contributed by atoms with Crippen LogP contribution in [0.3, 0.4) is 0 Å². The van der Waals surface area contributed by atoms with Gasteiger partial charge in [-0.05, 0) is 24.3 Å². The third-order valence-corrected chi connectivity index (χ3v) is 6.39. The highest BCUT2D eigenvalue weighted by Gasteiger charge is 2.32. The summed E-state index contributed by atoms with van der Waals surface area (Å²) in [4.78, 5) is 19.7. The largest absolute Gasteiger partial charge is 0.493 e.